The Labute approximate surface area is 357 Å². The van der Waals surface area contributed by atoms with Gasteiger partial charge >= 0.3 is 6.85 Å². The SMILES string of the molecule is CC(C)(C)c1cc(N2c3ccc(C(C)(C)C)cc3B3c4c2cc2c(oc5ccccc52)c4-c2cc(C(C)(C)C)cc4c5cc(C(C)(C)C)ccc5n3c24)cc(C(C)(C)C)c1. The third-order valence-corrected chi connectivity index (χ3v) is 13.7. The highest BCUT2D eigenvalue weighted by atomic mass is 16.3. The molecule has 0 bridgehead atoms. The van der Waals surface area contributed by atoms with Gasteiger partial charge in [-0.05, 0) is 120 Å². The predicted octanol–water partition coefficient (Wildman–Crippen LogP) is 14.6. The molecule has 0 saturated carbocycles. The maximum absolute atomic E-state index is 7.14. The number of furan rings is 1. The molecule has 2 aliphatic heterocycles. The lowest BCUT2D eigenvalue weighted by atomic mass is 9.44. The fraction of sp³-hybridized carbons (Fsp3) is 0.357. The molecule has 2 aliphatic rings. The number of fused-ring (bicyclic) bond motifs is 11. The first-order valence-electron chi connectivity index (χ1n) is 22.1. The van der Waals surface area contributed by atoms with Crippen LogP contribution in [0.3, 0.4) is 0 Å². The second-order valence-electron chi connectivity index (χ2n) is 23.2. The molecule has 2 aromatic heterocycles. The quantitative estimate of drug-likeness (QED) is 0.155. The van der Waals surface area contributed by atoms with E-state index in [9.17, 15) is 0 Å². The molecular formula is C56H61BN2O. The van der Waals surface area contributed by atoms with Crippen LogP contribution in [0.15, 0.2) is 101 Å². The number of para-hydroxylation sites is 1. The van der Waals surface area contributed by atoms with Crippen LogP contribution in [-0.4, -0.2) is 11.3 Å². The molecule has 10 rings (SSSR count). The lowest BCUT2D eigenvalue weighted by molar-refractivity contribution is 0.568. The van der Waals surface area contributed by atoms with Crippen LogP contribution in [0.25, 0.3) is 54.9 Å². The highest BCUT2D eigenvalue weighted by Crippen LogP contribution is 2.51. The summed E-state index contributed by atoms with van der Waals surface area (Å²) in [5, 5.41) is 4.96. The normalized spacial score (nSPS) is 14.5. The zero-order chi connectivity index (χ0) is 42.8. The Morgan fingerprint density at radius 1 is 0.467 bits per heavy atom. The number of hydrogen-bond donors (Lipinski definition) is 0. The molecule has 0 unspecified atom stereocenters. The molecule has 4 heteroatoms. The van der Waals surface area contributed by atoms with Crippen molar-refractivity contribution in [2.75, 3.05) is 4.90 Å². The van der Waals surface area contributed by atoms with E-state index in [0.717, 1.165) is 21.9 Å². The van der Waals surface area contributed by atoms with Gasteiger partial charge in [0.15, 0.2) is 0 Å². The van der Waals surface area contributed by atoms with Crippen molar-refractivity contribution >= 4 is 78.6 Å². The molecule has 6 aromatic carbocycles. The van der Waals surface area contributed by atoms with E-state index < -0.39 is 0 Å². The Morgan fingerprint density at radius 2 is 1.03 bits per heavy atom. The number of rotatable bonds is 1. The standard InChI is InChI=1S/C56H61BN2O/c1-52(2,3)32-20-22-44-39(27-32)40-28-36(56(13,14)15)29-42-48-49-46(31-41-38-18-16-17-19-47(38)60-51(41)48)58(37-25-34(54(7,8)9)24-35(26-37)55(10,11)12)45-23-21-33(53(4,5)6)30-43(45)57(49)59(44)50(40)42/h16-31H,1-15H3. The van der Waals surface area contributed by atoms with Crippen molar-refractivity contribution in [2.45, 2.75) is 131 Å². The zero-order valence-electron chi connectivity index (χ0n) is 38.6. The first-order chi connectivity index (χ1) is 27.9. The third kappa shape index (κ3) is 5.69. The molecule has 0 atom stereocenters. The van der Waals surface area contributed by atoms with E-state index in [-0.39, 0.29) is 33.9 Å². The minimum atomic E-state index is -0.0810. The molecule has 0 radical (unpaired) electrons. The smallest absolute Gasteiger partial charge is 0.333 e. The molecule has 0 N–H and O–H groups in total. The van der Waals surface area contributed by atoms with Crippen molar-refractivity contribution in [2.24, 2.45) is 0 Å². The van der Waals surface area contributed by atoms with Gasteiger partial charge in [-0.3, -0.25) is 0 Å². The van der Waals surface area contributed by atoms with Crippen molar-refractivity contribution < 1.29 is 4.42 Å². The Kier molecular flexibility index (Phi) is 7.93. The van der Waals surface area contributed by atoms with Crippen LogP contribution in [0, 0.1) is 0 Å². The second-order valence-corrected chi connectivity index (χ2v) is 23.2. The van der Waals surface area contributed by atoms with E-state index >= 15 is 0 Å². The van der Waals surface area contributed by atoms with Gasteiger partial charge in [-0.25, -0.2) is 0 Å². The van der Waals surface area contributed by atoms with Crippen molar-refractivity contribution in [1.82, 2.24) is 4.48 Å². The summed E-state index contributed by atoms with van der Waals surface area (Å²) in [7, 11) is 0. The first-order valence-corrected chi connectivity index (χ1v) is 22.1. The highest BCUT2D eigenvalue weighted by Gasteiger charge is 2.45. The van der Waals surface area contributed by atoms with Crippen LogP contribution in [0.5, 0.6) is 0 Å². The number of hydrogen-bond acceptors (Lipinski definition) is 2. The van der Waals surface area contributed by atoms with Crippen molar-refractivity contribution in [1.29, 1.82) is 0 Å². The van der Waals surface area contributed by atoms with E-state index in [0.29, 0.717) is 0 Å². The van der Waals surface area contributed by atoms with Crippen LogP contribution in [-0.2, 0) is 27.1 Å². The van der Waals surface area contributed by atoms with Gasteiger partial charge in [0.05, 0.1) is 0 Å². The number of benzene rings is 6. The summed E-state index contributed by atoms with van der Waals surface area (Å²) in [6, 6.07) is 38.1. The molecule has 0 saturated heterocycles. The average Bonchev–Trinajstić information content (AvgIpc) is 3.69. The lowest BCUT2D eigenvalue weighted by Crippen LogP contribution is -2.57. The Morgan fingerprint density at radius 3 is 1.67 bits per heavy atom. The molecule has 8 aromatic rings. The summed E-state index contributed by atoms with van der Waals surface area (Å²) < 4.78 is 9.86. The van der Waals surface area contributed by atoms with Crippen LogP contribution >= 0.6 is 0 Å². The van der Waals surface area contributed by atoms with Crippen LogP contribution in [0.1, 0.15) is 132 Å². The van der Waals surface area contributed by atoms with Gasteiger partial charge in [-0.15, -0.1) is 0 Å². The van der Waals surface area contributed by atoms with Gasteiger partial charge in [-0.2, -0.15) is 0 Å². The Bertz CT molecular complexity index is 3090. The van der Waals surface area contributed by atoms with Crippen molar-refractivity contribution in [3.05, 3.63) is 125 Å². The van der Waals surface area contributed by atoms with Crippen LogP contribution < -0.4 is 15.8 Å². The van der Waals surface area contributed by atoms with Crippen LogP contribution in [0.4, 0.5) is 17.1 Å². The highest BCUT2D eigenvalue weighted by molar-refractivity contribution is 6.90. The number of aromatic nitrogens is 1. The minimum absolute atomic E-state index is 0.0108. The Balaban J connectivity index is 1.45. The molecule has 60 heavy (non-hydrogen) atoms. The first kappa shape index (κ1) is 39.0. The van der Waals surface area contributed by atoms with Gasteiger partial charge < -0.3 is 13.8 Å². The maximum atomic E-state index is 7.14. The summed E-state index contributed by atoms with van der Waals surface area (Å²) in [6.45, 7) is 35.1. The largest absolute Gasteiger partial charge is 0.455 e. The summed E-state index contributed by atoms with van der Waals surface area (Å²) >= 11 is 0. The molecule has 4 heterocycles. The van der Waals surface area contributed by atoms with E-state index in [2.05, 4.69) is 210 Å². The summed E-state index contributed by atoms with van der Waals surface area (Å²) in [6.07, 6.45) is 0. The van der Waals surface area contributed by atoms with E-state index in [1.807, 2.05) is 0 Å². The summed E-state index contributed by atoms with van der Waals surface area (Å²) in [5.41, 5.74) is 19.8. The Hall–Kier alpha value is -5.22. The molecule has 0 amide bonds. The van der Waals surface area contributed by atoms with E-state index in [4.69, 9.17) is 4.42 Å². The molecule has 304 valence electrons. The van der Waals surface area contributed by atoms with Crippen molar-refractivity contribution in [3.8, 4) is 11.1 Å². The number of nitrogens with zero attached hydrogens (tertiary/aromatic N) is 2. The van der Waals surface area contributed by atoms with E-state index in [1.165, 1.54) is 88.7 Å². The molecule has 0 aliphatic carbocycles. The van der Waals surface area contributed by atoms with Gasteiger partial charge in [-0.1, -0.05) is 146 Å². The van der Waals surface area contributed by atoms with Gasteiger partial charge in [0, 0.05) is 60.8 Å². The lowest BCUT2D eigenvalue weighted by Gasteiger charge is -2.42. The second kappa shape index (κ2) is 12.2. The molecule has 0 spiro atoms. The van der Waals surface area contributed by atoms with Crippen molar-refractivity contribution in [3.63, 3.8) is 0 Å². The third-order valence-electron chi connectivity index (χ3n) is 13.7. The molecule has 3 nitrogen and oxygen atoms in total. The molecule has 0 fully saturated rings. The number of anilines is 3. The summed E-state index contributed by atoms with van der Waals surface area (Å²) in [4.78, 5) is 2.61. The topological polar surface area (TPSA) is 21.3 Å². The van der Waals surface area contributed by atoms with Gasteiger partial charge in [0.1, 0.15) is 11.2 Å². The summed E-state index contributed by atoms with van der Waals surface area (Å²) in [5.74, 6) is 0. The zero-order valence-corrected chi connectivity index (χ0v) is 38.6. The van der Waals surface area contributed by atoms with E-state index in [1.54, 1.807) is 0 Å². The predicted molar refractivity (Wildman–Crippen MR) is 261 cm³/mol. The average molecular weight is 789 g/mol. The monoisotopic (exact) mass is 788 g/mol. The maximum Gasteiger partial charge on any atom is 0.333 e. The minimum Gasteiger partial charge on any atom is -0.455 e. The van der Waals surface area contributed by atoms with Gasteiger partial charge in [0.2, 0.25) is 0 Å². The van der Waals surface area contributed by atoms with Crippen LogP contribution in [0.2, 0.25) is 0 Å². The fourth-order valence-corrected chi connectivity index (χ4v) is 10.0. The molecular weight excluding hydrogens is 727 g/mol. The fourth-order valence-electron chi connectivity index (χ4n) is 10.0. The van der Waals surface area contributed by atoms with Gasteiger partial charge in [0.25, 0.3) is 0 Å².